The summed E-state index contributed by atoms with van der Waals surface area (Å²) in [4.78, 5) is 6.44. The average molecular weight is 283 g/mol. The molecular formula is C13H21N3O2S. The van der Waals surface area contributed by atoms with E-state index in [2.05, 4.69) is 17.2 Å². The van der Waals surface area contributed by atoms with E-state index in [1.165, 1.54) is 0 Å². The number of nitrogens with zero attached hydrogens (tertiary/aromatic N) is 2. The number of anilines is 1. The molecule has 0 amide bonds. The zero-order chi connectivity index (χ0) is 14.0. The van der Waals surface area contributed by atoms with Crippen LogP contribution in [0.1, 0.15) is 25.1 Å². The summed E-state index contributed by atoms with van der Waals surface area (Å²) in [5.74, 6) is 0.544. The van der Waals surface area contributed by atoms with Gasteiger partial charge in [0.15, 0.2) is 9.84 Å². The van der Waals surface area contributed by atoms with Crippen molar-refractivity contribution >= 4 is 15.5 Å². The third kappa shape index (κ3) is 3.25. The Balaban J connectivity index is 2.10. The molecule has 1 aliphatic rings. The van der Waals surface area contributed by atoms with Gasteiger partial charge in [0.05, 0.1) is 29.1 Å². The largest absolute Gasteiger partial charge is 0.369 e. The Morgan fingerprint density at radius 3 is 2.68 bits per heavy atom. The van der Waals surface area contributed by atoms with Gasteiger partial charge in [0.25, 0.3) is 0 Å². The first-order chi connectivity index (χ1) is 8.93. The highest BCUT2D eigenvalue weighted by molar-refractivity contribution is 7.91. The second-order valence-electron chi connectivity index (χ2n) is 5.12. The van der Waals surface area contributed by atoms with Gasteiger partial charge in [0.2, 0.25) is 0 Å². The molecule has 0 radical (unpaired) electrons. The summed E-state index contributed by atoms with van der Waals surface area (Å²) in [6, 6.07) is 4.27. The summed E-state index contributed by atoms with van der Waals surface area (Å²) in [5, 5.41) is 3.14. The van der Waals surface area contributed by atoms with E-state index in [9.17, 15) is 8.42 Å². The molecule has 1 aliphatic heterocycles. The van der Waals surface area contributed by atoms with Gasteiger partial charge >= 0.3 is 0 Å². The van der Waals surface area contributed by atoms with Crippen molar-refractivity contribution in [2.45, 2.75) is 25.4 Å². The number of rotatable bonds is 4. The number of hydrogen-bond acceptors (Lipinski definition) is 5. The van der Waals surface area contributed by atoms with Gasteiger partial charge in [0.1, 0.15) is 0 Å². The van der Waals surface area contributed by atoms with Crippen LogP contribution >= 0.6 is 0 Å². The Hall–Kier alpha value is -1.14. The second-order valence-corrected chi connectivity index (χ2v) is 7.35. The Morgan fingerprint density at radius 1 is 1.47 bits per heavy atom. The molecule has 2 heterocycles. The van der Waals surface area contributed by atoms with Crippen molar-refractivity contribution < 1.29 is 8.42 Å². The molecule has 2 unspecified atom stereocenters. The molecule has 0 bridgehead atoms. The fraction of sp³-hybridized carbons (Fsp3) is 0.615. The van der Waals surface area contributed by atoms with E-state index in [0.29, 0.717) is 12.2 Å². The molecule has 0 spiro atoms. The highest BCUT2D eigenvalue weighted by Gasteiger charge is 2.30. The van der Waals surface area contributed by atoms with Gasteiger partial charge in [-0.25, -0.2) is 8.42 Å². The van der Waals surface area contributed by atoms with Gasteiger partial charge in [-0.1, -0.05) is 0 Å². The summed E-state index contributed by atoms with van der Waals surface area (Å²) in [6.07, 6.45) is 2.52. The van der Waals surface area contributed by atoms with E-state index >= 15 is 0 Å². The van der Waals surface area contributed by atoms with E-state index in [1.54, 1.807) is 0 Å². The van der Waals surface area contributed by atoms with E-state index in [1.807, 2.05) is 37.3 Å². The zero-order valence-electron chi connectivity index (χ0n) is 11.6. The minimum atomic E-state index is -2.85. The Labute approximate surface area is 114 Å². The molecule has 6 heteroatoms. The monoisotopic (exact) mass is 283 g/mol. The van der Waals surface area contributed by atoms with Crippen LogP contribution in [0.5, 0.6) is 0 Å². The van der Waals surface area contributed by atoms with E-state index < -0.39 is 9.84 Å². The Kier molecular flexibility index (Phi) is 4.10. The maximum Gasteiger partial charge on any atom is 0.152 e. The predicted molar refractivity (Wildman–Crippen MR) is 77.2 cm³/mol. The van der Waals surface area contributed by atoms with Crippen LogP contribution in [0.3, 0.4) is 0 Å². The third-order valence-electron chi connectivity index (χ3n) is 3.81. The lowest BCUT2D eigenvalue weighted by molar-refractivity contribution is 0.600. The summed E-state index contributed by atoms with van der Waals surface area (Å²) in [6.45, 7) is 2.05. The molecule has 1 saturated heterocycles. The van der Waals surface area contributed by atoms with Crippen molar-refractivity contribution in [2.24, 2.45) is 0 Å². The molecule has 0 saturated carbocycles. The lowest BCUT2D eigenvalue weighted by atomic mass is 10.2. The molecular weight excluding hydrogens is 262 g/mol. The van der Waals surface area contributed by atoms with Crippen LogP contribution in [-0.4, -0.2) is 45.0 Å². The molecule has 2 rings (SSSR count). The van der Waals surface area contributed by atoms with E-state index in [-0.39, 0.29) is 17.8 Å². The van der Waals surface area contributed by atoms with Gasteiger partial charge in [-0.3, -0.25) is 4.98 Å². The molecule has 1 fully saturated rings. The molecule has 1 aromatic heterocycles. The lowest BCUT2D eigenvalue weighted by Gasteiger charge is -2.25. The van der Waals surface area contributed by atoms with E-state index in [0.717, 1.165) is 11.4 Å². The van der Waals surface area contributed by atoms with Crippen LogP contribution in [0.25, 0.3) is 0 Å². The zero-order valence-corrected chi connectivity index (χ0v) is 12.4. The Bertz CT molecular complexity index is 527. The number of aromatic nitrogens is 1. The standard InChI is InChI=1S/C13H21N3O2S/c1-10(14-2)13-5-4-11(8-15-13)16(3)12-6-7-19(17,18)9-12/h4-5,8,10,12,14H,6-7,9H2,1-3H3. The first-order valence-electron chi connectivity index (χ1n) is 6.49. The van der Waals surface area contributed by atoms with Crippen molar-refractivity contribution in [1.29, 1.82) is 0 Å². The van der Waals surface area contributed by atoms with Crippen molar-refractivity contribution in [3.63, 3.8) is 0 Å². The lowest BCUT2D eigenvalue weighted by Crippen LogP contribution is -2.32. The molecule has 2 atom stereocenters. The summed E-state index contributed by atoms with van der Waals surface area (Å²) >= 11 is 0. The predicted octanol–water partition coefficient (Wildman–Crippen LogP) is 0.985. The number of sulfone groups is 1. The quantitative estimate of drug-likeness (QED) is 0.892. The second kappa shape index (κ2) is 5.46. The number of hydrogen-bond donors (Lipinski definition) is 1. The van der Waals surface area contributed by atoms with Crippen molar-refractivity contribution in [3.8, 4) is 0 Å². The van der Waals surface area contributed by atoms with Gasteiger partial charge < -0.3 is 10.2 Å². The summed E-state index contributed by atoms with van der Waals surface area (Å²) in [7, 11) is 0.987. The number of nitrogens with one attached hydrogen (secondary N) is 1. The average Bonchev–Trinajstić information content (AvgIpc) is 2.77. The third-order valence-corrected chi connectivity index (χ3v) is 5.56. The van der Waals surface area contributed by atoms with Crippen LogP contribution in [0.2, 0.25) is 0 Å². The van der Waals surface area contributed by atoms with Gasteiger partial charge in [-0.05, 0) is 32.5 Å². The fourth-order valence-electron chi connectivity index (χ4n) is 2.30. The van der Waals surface area contributed by atoms with Gasteiger partial charge in [-0.2, -0.15) is 0 Å². The Morgan fingerprint density at radius 2 is 2.21 bits per heavy atom. The maximum absolute atomic E-state index is 11.5. The molecule has 1 N–H and O–H groups in total. The molecule has 106 valence electrons. The number of pyridine rings is 1. The van der Waals surface area contributed by atoms with Crippen LogP contribution in [0.15, 0.2) is 18.3 Å². The van der Waals surface area contributed by atoms with Gasteiger partial charge in [-0.15, -0.1) is 0 Å². The first kappa shape index (κ1) is 14.3. The van der Waals surface area contributed by atoms with Crippen LogP contribution in [-0.2, 0) is 9.84 Å². The van der Waals surface area contributed by atoms with Crippen LogP contribution < -0.4 is 10.2 Å². The molecule has 1 aromatic rings. The van der Waals surface area contributed by atoms with E-state index in [4.69, 9.17) is 0 Å². The minimum absolute atomic E-state index is 0.0689. The van der Waals surface area contributed by atoms with Crippen LogP contribution in [0.4, 0.5) is 5.69 Å². The minimum Gasteiger partial charge on any atom is -0.369 e. The summed E-state index contributed by atoms with van der Waals surface area (Å²) < 4.78 is 23.0. The topological polar surface area (TPSA) is 62.3 Å². The maximum atomic E-state index is 11.5. The summed E-state index contributed by atoms with van der Waals surface area (Å²) in [5.41, 5.74) is 1.95. The SMILES string of the molecule is CNC(C)c1ccc(N(C)C2CCS(=O)(=O)C2)cn1. The highest BCUT2D eigenvalue weighted by Crippen LogP contribution is 2.23. The van der Waals surface area contributed by atoms with Crippen molar-refractivity contribution in [2.75, 3.05) is 30.5 Å². The molecule has 0 aromatic carbocycles. The van der Waals surface area contributed by atoms with Crippen molar-refractivity contribution in [3.05, 3.63) is 24.0 Å². The highest BCUT2D eigenvalue weighted by atomic mass is 32.2. The van der Waals surface area contributed by atoms with Crippen LogP contribution in [0, 0.1) is 0 Å². The fourth-order valence-corrected chi connectivity index (χ4v) is 4.08. The first-order valence-corrected chi connectivity index (χ1v) is 8.31. The molecule has 0 aliphatic carbocycles. The smallest absolute Gasteiger partial charge is 0.152 e. The van der Waals surface area contributed by atoms with Gasteiger partial charge in [0, 0.05) is 19.1 Å². The van der Waals surface area contributed by atoms with Crippen molar-refractivity contribution in [1.82, 2.24) is 10.3 Å². The molecule has 5 nitrogen and oxygen atoms in total. The molecule has 19 heavy (non-hydrogen) atoms. The normalized spacial score (nSPS) is 23.2.